The van der Waals surface area contributed by atoms with E-state index in [0.29, 0.717) is 0 Å². The van der Waals surface area contributed by atoms with E-state index in [1.807, 2.05) is 0 Å². The summed E-state index contributed by atoms with van der Waals surface area (Å²) < 4.78 is 0. The Balaban J connectivity index is 1.16. The number of rotatable bonds is 6. The van der Waals surface area contributed by atoms with Crippen LogP contribution in [0.25, 0.3) is 54.9 Å². The van der Waals surface area contributed by atoms with Crippen LogP contribution < -0.4 is 9.80 Å². The fraction of sp³-hybridized carbons (Fsp3) is 0. The molecule has 0 amide bonds. The van der Waals surface area contributed by atoms with Crippen LogP contribution in [-0.4, -0.2) is 0 Å². The lowest BCUT2D eigenvalue weighted by Gasteiger charge is -2.35. The third-order valence-electron chi connectivity index (χ3n) is 10.3. The van der Waals surface area contributed by atoms with Crippen LogP contribution in [0.1, 0.15) is 0 Å². The molecule has 10 rings (SSSR count). The average Bonchev–Trinajstić information content (AvgIpc) is 3.22. The highest BCUT2D eigenvalue weighted by Crippen LogP contribution is 2.53. The molecule has 0 fully saturated rings. The van der Waals surface area contributed by atoms with Crippen LogP contribution in [0, 0.1) is 0 Å². The summed E-state index contributed by atoms with van der Waals surface area (Å²) in [6.45, 7) is 0. The Morgan fingerprint density at radius 1 is 0.346 bits per heavy atom. The molecule has 9 aromatic carbocycles. The first kappa shape index (κ1) is 30.0. The highest BCUT2D eigenvalue weighted by Gasteiger charge is 2.28. The Bertz CT molecular complexity index is 2660. The molecule has 1 aliphatic heterocycles. The van der Waals surface area contributed by atoms with E-state index in [-0.39, 0.29) is 0 Å². The van der Waals surface area contributed by atoms with Gasteiger partial charge in [0.15, 0.2) is 0 Å². The highest BCUT2D eigenvalue weighted by molar-refractivity contribution is 6.18. The number of benzene rings is 9. The zero-order valence-electron chi connectivity index (χ0n) is 28.5. The lowest BCUT2D eigenvalue weighted by molar-refractivity contribution is 1.26. The van der Waals surface area contributed by atoms with Crippen molar-refractivity contribution in [3.8, 4) is 33.4 Å². The minimum absolute atomic E-state index is 1.09. The van der Waals surface area contributed by atoms with Gasteiger partial charge in [-0.25, -0.2) is 0 Å². The van der Waals surface area contributed by atoms with Gasteiger partial charge >= 0.3 is 0 Å². The predicted octanol–water partition coefficient (Wildman–Crippen LogP) is 14.2. The quantitative estimate of drug-likeness (QED) is 0.175. The van der Waals surface area contributed by atoms with E-state index in [4.69, 9.17) is 0 Å². The number of anilines is 6. The number of fused-ring (bicyclic) bond motifs is 4. The molecule has 0 saturated carbocycles. The van der Waals surface area contributed by atoms with Crippen molar-refractivity contribution in [3.63, 3.8) is 0 Å². The minimum atomic E-state index is 1.09. The molecule has 0 N–H and O–H groups in total. The molecule has 9 aromatic rings. The molecule has 0 unspecified atom stereocenters. The summed E-state index contributed by atoms with van der Waals surface area (Å²) in [5.41, 5.74) is 14.1. The molecule has 2 nitrogen and oxygen atoms in total. The molecule has 52 heavy (non-hydrogen) atoms. The van der Waals surface area contributed by atoms with Gasteiger partial charge in [0.1, 0.15) is 0 Å². The highest BCUT2D eigenvalue weighted by atomic mass is 15.2. The lowest BCUT2D eigenvalue weighted by Crippen LogP contribution is -2.16. The largest absolute Gasteiger partial charge is 0.310 e. The minimum Gasteiger partial charge on any atom is -0.310 e. The molecule has 2 heteroatoms. The van der Waals surface area contributed by atoms with E-state index >= 15 is 0 Å². The smallest absolute Gasteiger partial charge is 0.0618 e. The second-order valence-corrected chi connectivity index (χ2v) is 13.4. The van der Waals surface area contributed by atoms with Crippen molar-refractivity contribution < 1.29 is 0 Å². The van der Waals surface area contributed by atoms with Gasteiger partial charge in [-0.05, 0) is 99.3 Å². The normalized spacial score (nSPS) is 11.8. The number of hydrogen-bond acceptors (Lipinski definition) is 2. The molecule has 244 valence electrons. The first-order valence-corrected chi connectivity index (χ1v) is 17.9. The summed E-state index contributed by atoms with van der Waals surface area (Å²) in [5, 5.41) is 5.01. The van der Waals surface area contributed by atoms with Crippen LogP contribution in [0.4, 0.5) is 34.1 Å². The van der Waals surface area contributed by atoms with Crippen molar-refractivity contribution in [3.05, 3.63) is 206 Å². The maximum Gasteiger partial charge on any atom is 0.0618 e. The molecular weight excluding hydrogens is 629 g/mol. The Kier molecular flexibility index (Phi) is 7.18. The van der Waals surface area contributed by atoms with Crippen molar-refractivity contribution in [1.29, 1.82) is 0 Å². The molecular formula is C50H34N2. The van der Waals surface area contributed by atoms with Crippen molar-refractivity contribution in [2.24, 2.45) is 0 Å². The van der Waals surface area contributed by atoms with E-state index in [1.165, 1.54) is 66.3 Å². The van der Waals surface area contributed by atoms with E-state index in [0.717, 1.165) is 22.7 Å². The lowest BCUT2D eigenvalue weighted by atomic mass is 9.88. The zero-order chi connectivity index (χ0) is 34.4. The van der Waals surface area contributed by atoms with Crippen LogP contribution in [0.2, 0.25) is 0 Å². The van der Waals surface area contributed by atoms with Crippen molar-refractivity contribution in [2.45, 2.75) is 0 Å². The topological polar surface area (TPSA) is 6.48 Å². The van der Waals surface area contributed by atoms with Crippen molar-refractivity contribution >= 4 is 55.7 Å². The van der Waals surface area contributed by atoms with Gasteiger partial charge in [0.25, 0.3) is 0 Å². The van der Waals surface area contributed by atoms with Gasteiger partial charge in [-0.15, -0.1) is 0 Å². The fourth-order valence-corrected chi connectivity index (χ4v) is 7.94. The molecule has 0 atom stereocenters. The molecule has 1 aliphatic rings. The Morgan fingerprint density at radius 3 is 1.62 bits per heavy atom. The van der Waals surface area contributed by atoms with Crippen LogP contribution >= 0.6 is 0 Å². The summed E-state index contributed by atoms with van der Waals surface area (Å²) in [5.74, 6) is 0. The van der Waals surface area contributed by atoms with E-state index in [2.05, 4.69) is 216 Å². The van der Waals surface area contributed by atoms with Gasteiger partial charge in [-0.1, -0.05) is 146 Å². The SMILES string of the molecule is c1ccc(-c2cc(-c3ccccc3)cc(N(c3ccccc3)c3ccc(N4c5c(ccc6ccccc56)-c5cccc6cccc4c56)cc3)c2)cc1. The molecule has 0 aromatic heterocycles. The van der Waals surface area contributed by atoms with Crippen molar-refractivity contribution in [2.75, 3.05) is 9.80 Å². The van der Waals surface area contributed by atoms with Gasteiger partial charge in [0, 0.05) is 39.1 Å². The van der Waals surface area contributed by atoms with Crippen LogP contribution in [0.3, 0.4) is 0 Å². The fourth-order valence-electron chi connectivity index (χ4n) is 7.94. The Labute approximate surface area is 304 Å². The number of nitrogens with zero attached hydrogens (tertiary/aromatic N) is 2. The predicted molar refractivity (Wildman–Crippen MR) is 221 cm³/mol. The summed E-state index contributed by atoms with van der Waals surface area (Å²) >= 11 is 0. The summed E-state index contributed by atoms with van der Waals surface area (Å²) in [4.78, 5) is 4.84. The van der Waals surface area contributed by atoms with Gasteiger partial charge in [-0.2, -0.15) is 0 Å². The van der Waals surface area contributed by atoms with Gasteiger partial charge in [0.2, 0.25) is 0 Å². The second-order valence-electron chi connectivity index (χ2n) is 13.4. The number of para-hydroxylation sites is 1. The Morgan fingerprint density at radius 2 is 0.923 bits per heavy atom. The van der Waals surface area contributed by atoms with Gasteiger partial charge < -0.3 is 9.80 Å². The maximum absolute atomic E-state index is 2.47. The Hall–Kier alpha value is -6.90. The molecule has 0 aliphatic carbocycles. The molecule has 0 saturated heterocycles. The molecule has 0 bridgehead atoms. The van der Waals surface area contributed by atoms with Crippen LogP contribution in [-0.2, 0) is 0 Å². The number of hydrogen-bond donors (Lipinski definition) is 0. The summed E-state index contributed by atoms with van der Waals surface area (Å²) in [6, 6.07) is 74.7. The van der Waals surface area contributed by atoms with Crippen molar-refractivity contribution in [1.82, 2.24) is 0 Å². The van der Waals surface area contributed by atoms with Crippen LogP contribution in [0.15, 0.2) is 206 Å². The van der Waals surface area contributed by atoms with E-state index in [1.54, 1.807) is 0 Å². The second kappa shape index (κ2) is 12.5. The van der Waals surface area contributed by atoms with Crippen LogP contribution in [0.5, 0.6) is 0 Å². The summed E-state index contributed by atoms with van der Waals surface area (Å²) in [7, 11) is 0. The first-order valence-electron chi connectivity index (χ1n) is 17.9. The zero-order valence-corrected chi connectivity index (χ0v) is 28.5. The molecule has 1 heterocycles. The first-order chi connectivity index (χ1) is 25.8. The molecule has 0 radical (unpaired) electrons. The third kappa shape index (κ3) is 5.04. The third-order valence-corrected chi connectivity index (χ3v) is 10.3. The van der Waals surface area contributed by atoms with Gasteiger partial charge in [0.05, 0.1) is 11.4 Å². The standard InChI is InChI=1S/C50H34N2/c1-4-14-35(15-5-1)39-32-40(36-16-6-2-7-17-36)34-44(33-39)51(41-21-8-3-9-22-41)42-27-29-43(30-28-42)52-48-25-13-20-38-19-12-24-46(49(38)48)47-31-26-37-18-10-11-23-45(37)50(47)52/h1-34H. The monoisotopic (exact) mass is 662 g/mol. The van der Waals surface area contributed by atoms with Gasteiger partial charge in [-0.3, -0.25) is 0 Å². The molecule has 0 spiro atoms. The van der Waals surface area contributed by atoms with E-state index < -0.39 is 0 Å². The maximum atomic E-state index is 2.47. The summed E-state index contributed by atoms with van der Waals surface area (Å²) in [6.07, 6.45) is 0. The average molecular weight is 663 g/mol. The van der Waals surface area contributed by atoms with E-state index in [9.17, 15) is 0 Å².